The van der Waals surface area contributed by atoms with Gasteiger partial charge in [0, 0.05) is 18.1 Å². The van der Waals surface area contributed by atoms with Crippen molar-refractivity contribution in [2.24, 2.45) is 17.3 Å². The van der Waals surface area contributed by atoms with Crippen LogP contribution in [0.3, 0.4) is 0 Å². The topological polar surface area (TPSA) is 122 Å². The van der Waals surface area contributed by atoms with Gasteiger partial charge in [0.1, 0.15) is 5.60 Å². The van der Waals surface area contributed by atoms with Gasteiger partial charge in [-0.25, -0.2) is 4.79 Å². The maximum absolute atomic E-state index is 11.7. The number of allylic oxidation sites excluding steroid dienone is 1. The molecule has 4 rings (SSSR count). The lowest BCUT2D eigenvalue weighted by molar-refractivity contribution is -0.395. The summed E-state index contributed by atoms with van der Waals surface area (Å²) in [5.41, 5.74) is -1.76. The Hall–Kier alpha value is -2.97. The summed E-state index contributed by atoms with van der Waals surface area (Å²) in [6.07, 6.45) is 5.77. The second kappa shape index (κ2) is 7.46. The molecule has 2 bridgehead atoms. The third-order valence-electron chi connectivity index (χ3n) is 6.44. The number of fused-ring (bicyclic) bond motifs is 2. The molecule has 1 aromatic rings. The lowest BCUT2D eigenvalue weighted by Gasteiger charge is -2.63. The molecule has 0 spiro atoms. The van der Waals surface area contributed by atoms with Crippen molar-refractivity contribution < 1.29 is 24.1 Å². The van der Waals surface area contributed by atoms with Crippen LogP contribution in [0.4, 0.5) is 11.4 Å². The molecule has 9 heteroatoms. The van der Waals surface area contributed by atoms with Crippen LogP contribution in [0.2, 0.25) is 0 Å². The number of esters is 1. The minimum atomic E-state index is -0.691. The van der Waals surface area contributed by atoms with Crippen molar-refractivity contribution in [1.82, 2.24) is 0 Å². The van der Waals surface area contributed by atoms with Gasteiger partial charge in [-0.15, -0.1) is 0 Å². The van der Waals surface area contributed by atoms with Crippen LogP contribution in [0.25, 0.3) is 0 Å². The first-order valence-corrected chi connectivity index (χ1v) is 9.58. The predicted octanol–water partition coefficient (Wildman–Crippen LogP) is 4.20. The molecule has 9 nitrogen and oxygen atoms in total. The second-order valence-corrected chi connectivity index (χ2v) is 8.06. The number of nitrogens with zero attached hydrogens (tertiary/aromatic N) is 2. The quantitative estimate of drug-likeness (QED) is 0.289. The number of hydrogen-bond donors (Lipinski definition) is 0. The zero-order valence-electron chi connectivity index (χ0n) is 16.6. The van der Waals surface area contributed by atoms with Gasteiger partial charge in [-0.1, -0.05) is 13.0 Å². The molecular weight excluding hydrogens is 380 g/mol. The van der Waals surface area contributed by atoms with E-state index in [1.807, 2.05) is 13.0 Å². The van der Waals surface area contributed by atoms with E-state index in [2.05, 4.69) is 6.92 Å². The van der Waals surface area contributed by atoms with Crippen LogP contribution < -0.4 is 4.74 Å². The van der Waals surface area contributed by atoms with Crippen molar-refractivity contribution in [2.75, 3.05) is 6.61 Å². The first kappa shape index (κ1) is 20.8. The van der Waals surface area contributed by atoms with E-state index in [1.165, 1.54) is 18.2 Å². The summed E-state index contributed by atoms with van der Waals surface area (Å²) in [6.45, 7) is 6.02. The molecule has 4 atom stereocenters. The zero-order chi connectivity index (χ0) is 21.4. The van der Waals surface area contributed by atoms with Crippen molar-refractivity contribution in [3.05, 3.63) is 50.6 Å². The summed E-state index contributed by atoms with van der Waals surface area (Å²) in [6, 6.07) is 3.42. The smallest absolute Gasteiger partial charge is 0.330 e. The molecule has 0 aliphatic heterocycles. The number of rotatable bonds is 7. The SMILES string of the molecule is CCOC(=O)/C=C\C1(C)[C@H]2CC[C@@](C)(Oc3ccc([N+](=O)[O-])cc3[N+](=O)[O-])[C@@H]1C2. The summed E-state index contributed by atoms with van der Waals surface area (Å²) in [5, 5.41) is 22.4. The molecule has 0 aromatic heterocycles. The highest BCUT2D eigenvalue weighted by molar-refractivity contribution is 5.82. The van der Waals surface area contributed by atoms with Gasteiger partial charge >= 0.3 is 11.7 Å². The Morgan fingerprint density at radius 2 is 2.00 bits per heavy atom. The Labute approximate surface area is 168 Å². The standard InChI is InChI=1S/C20H24N2O7/c1-4-28-18(23)8-9-19(2)13-7-10-20(3,17(19)11-13)29-16-6-5-14(21(24)25)12-15(16)22(26)27/h5-6,8-9,12-13,17H,4,7,10-11H2,1-3H3/b9-8-/t13-,17+,19?,20+/m0/s1. The third-order valence-corrected chi connectivity index (χ3v) is 6.44. The Balaban J connectivity index is 1.87. The second-order valence-electron chi connectivity index (χ2n) is 8.06. The van der Waals surface area contributed by atoms with Gasteiger partial charge in [0.15, 0.2) is 5.75 Å². The Morgan fingerprint density at radius 3 is 2.59 bits per heavy atom. The number of carbonyl (C=O) groups excluding carboxylic acids is 1. The molecule has 0 radical (unpaired) electrons. The minimum absolute atomic E-state index is 0.0187. The number of benzene rings is 1. The summed E-state index contributed by atoms with van der Waals surface area (Å²) in [4.78, 5) is 32.8. The van der Waals surface area contributed by atoms with Gasteiger partial charge in [0.25, 0.3) is 5.69 Å². The van der Waals surface area contributed by atoms with Crippen LogP contribution in [0.15, 0.2) is 30.4 Å². The molecule has 1 aromatic carbocycles. The molecule has 0 amide bonds. The first-order valence-electron chi connectivity index (χ1n) is 9.58. The average Bonchev–Trinajstić information content (AvgIpc) is 2.65. The van der Waals surface area contributed by atoms with Gasteiger partial charge in [0.05, 0.1) is 22.5 Å². The van der Waals surface area contributed by atoms with Crippen LogP contribution in [0.5, 0.6) is 5.75 Å². The first-order chi connectivity index (χ1) is 13.6. The fourth-order valence-electron chi connectivity index (χ4n) is 4.80. The molecule has 29 heavy (non-hydrogen) atoms. The van der Waals surface area contributed by atoms with Crippen LogP contribution in [-0.4, -0.2) is 28.0 Å². The van der Waals surface area contributed by atoms with Gasteiger partial charge in [-0.3, -0.25) is 20.2 Å². The molecule has 1 unspecified atom stereocenters. The fraction of sp³-hybridized carbons (Fsp3) is 0.550. The molecule has 0 N–H and O–H groups in total. The summed E-state index contributed by atoms with van der Waals surface area (Å²) < 4.78 is 11.1. The van der Waals surface area contributed by atoms with Crippen LogP contribution >= 0.6 is 0 Å². The summed E-state index contributed by atoms with van der Waals surface area (Å²) >= 11 is 0. The van der Waals surface area contributed by atoms with Gasteiger partial charge < -0.3 is 9.47 Å². The largest absolute Gasteiger partial charge is 0.480 e. The summed E-state index contributed by atoms with van der Waals surface area (Å²) in [7, 11) is 0. The van der Waals surface area contributed by atoms with Crippen molar-refractivity contribution in [3.63, 3.8) is 0 Å². The number of nitro groups is 2. The van der Waals surface area contributed by atoms with E-state index < -0.39 is 27.1 Å². The molecule has 3 fully saturated rings. The number of hydrogen-bond acceptors (Lipinski definition) is 7. The number of carbonyl (C=O) groups is 1. The summed E-state index contributed by atoms with van der Waals surface area (Å²) in [5.74, 6) is 0.0772. The Bertz CT molecular complexity index is 882. The highest BCUT2D eigenvalue weighted by Crippen LogP contribution is 2.64. The molecule has 3 aliphatic carbocycles. The molecule has 0 saturated heterocycles. The average molecular weight is 404 g/mol. The van der Waals surface area contributed by atoms with E-state index in [4.69, 9.17) is 9.47 Å². The van der Waals surface area contributed by atoms with E-state index in [0.29, 0.717) is 18.9 Å². The normalized spacial score (nSPS) is 30.4. The Morgan fingerprint density at radius 1 is 1.28 bits per heavy atom. The molecule has 3 aliphatic rings. The lowest BCUT2D eigenvalue weighted by Crippen LogP contribution is -2.62. The lowest BCUT2D eigenvalue weighted by atomic mass is 9.43. The molecule has 156 valence electrons. The fourth-order valence-corrected chi connectivity index (χ4v) is 4.80. The maximum Gasteiger partial charge on any atom is 0.330 e. The van der Waals surface area contributed by atoms with Gasteiger partial charge in [0.2, 0.25) is 0 Å². The zero-order valence-corrected chi connectivity index (χ0v) is 16.6. The highest BCUT2D eigenvalue weighted by atomic mass is 16.6. The van der Waals surface area contributed by atoms with Gasteiger partial charge in [-0.05, 0) is 50.5 Å². The van der Waals surface area contributed by atoms with Crippen LogP contribution in [0, 0.1) is 37.5 Å². The van der Waals surface area contributed by atoms with Crippen LogP contribution in [-0.2, 0) is 9.53 Å². The minimum Gasteiger partial charge on any atom is -0.480 e. The molecule has 0 heterocycles. The maximum atomic E-state index is 11.7. The molecular formula is C20H24N2O7. The molecule has 3 saturated carbocycles. The number of non-ortho nitro benzene ring substituents is 1. The van der Waals surface area contributed by atoms with E-state index in [-0.39, 0.29) is 22.8 Å². The van der Waals surface area contributed by atoms with E-state index in [0.717, 1.165) is 18.9 Å². The van der Waals surface area contributed by atoms with E-state index in [1.54, 1.807) is 6.92 Å². The third kappa shape index (κ3) is 3.68. The van der Waals surface area contributed by atoms with Gasteiger partial charge in [-0.2, -0.15) is 0 Å². The van der Waals surface area contributed by atoms with Crippen molar-refractivity contribution >= 4 is 17.3 Å². The highest BCUT2D eigenvalue weighted by Gasteiger charge is 2.62. The van der Waals surface area contributed by atoms with E-state index in [9.17, 15) is 25.0 Å². The van der Waals surface area contributed by atoms with Crippen molar-refractivity contribution in [1.29, 1.82) is 0 Å². The van der Waals surface area contributed by atoms with Crippen molar-refractivity contribution in [2.45, 2.75) is 45.6 Å². The Kier molecular flexibility index (Phi) is 5.34. The number of nitro benzene ring substituents is 2. The van der Waals surface area contributed by atoms with Crippen molar-refractivity contribution in [3.8, 4) is 5.75 Å². The van der Waals surface area contributed by atoms with Crippen LogP contribution in [0.1, 0.15) is 40.0 Å². The monoisotopic (exact) mass is 404 g/mol. The predicted molar refractivity (Wildman–Crippen MR) is 103 cm³/mol. The van der Waals surface area contributed by atoms with E-state index >= 15 is 0 Å². The number of ether oxygens (including phenoxy) is 2.